The van der Waals surface area contributed by atoms with Crippen LogP contribution in [0.1, 0.15) is 58.3 Å². The van der Waals surface area contributed by atoms with Gasteiger partial charge < -0.3 is 10.1 Å². The van der Waals surface area contributed by atoms with Gasteiger partial charge in [-0.2, -0.15) is 0 Å². The zero-order valence-corrected chi connectivity index (χ0v) is 14.0. The van der Waals surface area contributed by atoms with Crippen molar-refractivity contribution in [2.75, 3.05) is 18.1 Å². The largest absolute Gasteiger partial charge is 0.378 e. The summed E-state index contributed by atoms with van der Waals surface area (Å²) in [7, 11) is -2.76. The number of hydrogen-bond donors (Lipinski definition) is 1. The molecule has 4 nitrogen and oxygen atoms in total. The van der Waals surface area contributed by atoms with Gasteiger partial charge in [0.1, 0.15) is 9.84 Å². The SMILES string of the molecule is CCOC1CC(NC2CCS(=O)(=O)CC2)C12CCCCC2. The fourth-order valence-corrected chi connectivity index (χ4v) is 6.13. The van der Waals surface area contributed by atoms with Crippen LogP contribution in [0.15, 0.2) is 0 Å². The van der Waals surface area contributed by atoms with E-state index in [4.69, 9.17) is 4.74 Å². The van der Waals surface area contributed by atoms with Crippen LogP contribution in [0, 0.1) is 5.41 Å². The molecule has 0 amide bonds. The molecular weight excluding hydrogens is 286 g/mol. The van der Waals surface area contributed by atoms with Gasteiger partial charge in [0, 0.05) is 24.1 Å². The summed E-state index contributed by atoms with van der Waals surface area (Å²) in [6.45, 7) is 2.89. The predicted octanol–water partition coefficient (Wildman–Crippen LogP) is 2.28. The highest BCUT2D eigenvalue weighted by Crippen LogP contribution is 2.53. The van der Waals surface area contributed by atoms with Crippen molar-refractivity contribution in [1.29, 1.82) is 0 Å². The van der Waals surface area contributed by atoms with Crippen molar-refractivity contribution in [1.82, 2.24) is 5.32 Å². The summed E-state index contributed by atoms with van der Waals surface area (Å²) in [6.07, 6.45) is 9.66. The van der Waals surface area contributed by atoms with E-state index < -0.39 is 9.84 Å². The Kier molecular flexibility index (Phi) is 4.63. The van der Waals surface area contributed by atoms with Crippen LogP contribution in [-0.2, 0) is 14.6 Å². The van der Waals surface area contributed by atoms with Crippen molar-refractivity contribution in [3.05, 3.63) is 0 Å². The molecule has 1 N–H and O–H groups in total. The Bertz CT molecular complexity index is 442. The minimum atomic E-state index is -2.76. The molecule has 2 unspecified atom stereocenters. The van der Waals surface area contributed by atoms with E-state index in [1.54, 1.807) is 0 Å². The summed E-state index contributed by atoms with van der Waals surface area (Å²) in [5.41, 5.74) is 0.338. The molecule has 1 saturated heterocycles. The first kappa shape index (κ1) is 15.8. The quantitative estimate of drug-likeness (QED) is 0.865. The van der Waals surface area contributed by atoms with E-state index in [1.807, 2.05) is 0 Å². The number of sulfone groups is 1. The van der Waals surface area contributed by atoms with Gasteiger partial charge in [0.15, 0.2) is 0 Å². The van der Waals surface area contributed by atoms with Crippen LogP contribution >= 0.6 is 0 Å². The number of ether oxygens (including phenoxy) is 1. The molecule has 1 aliphatic heterocycles. The van der Waals surface area contributed by atoms with Gasteiger partial charge in [0.05, 0.1) is 17.6 Å². The van der Waals surface area contributed by atoms with Crippen molar-refractivity contribution < 1.29 is 13.2 Å². The highest BCUT2D eigenvalue weighted by Gasteiger charge is 2.55. The Morgan fingerprint density at radius 1 is 1.14 bits per heavy atom. The molecule has 2 atom stereocenters. The molecule has 0 radical (unpaired) electrons. The third-order valence-corrected chi connectivity index (χ3v) is 7.64. The molecule has 0 aromatic heterocycles. The molecule has 0 aromatic rings. The lowest BCUT2D eigenvalue weighted by Gasteiger charge is -2.58. The second kappa shape index (κ2) is 6.17. The van der Waals surface area contributed by atoms with Crippen LogP contribution in [0.4, 0.5) is 0 Å². The second-order valence-corrected chi connectivity index (χ2v) is 9.42. The summed E-state index contributed by atoms with van der Waals surface area (Å²) >= 11 is 0. The molecule has 1 spiro atoms. The van der Waals surface area contributed by atoms with Crippen molar-refractivity contribution in [3.63, 3.8) is 0 Å². The van der Waals surface area contributed by atoms with Gasteiger partial charge >= 0.3 is 0 Å². The minimum absolute atomic E-state index is 0.338. The Morgan fingerprint density at radius 2 is 1.81 bits per heavy atom. The zero-order valence-electron chi connectivity index (χ0n) is 13.1. The molecule has 0 bridgehead atoms. The zero-order chi connectivity index (χ0) is 14.9. The van der Waals surface area contributed by atoms with Crippen LogP contribution in [0.25, 0.3) is 0 Å². The van der Waals surface area contributed by atoms with Gasteiger partial charge in [0.2, 0.25) is 0 Å². The normalized spacial score (nSPS) is 35.5. The molecule has 0 aromatic carbocycles. The first-order valence-electron chi connectivity index (χ1n) is 8.64. The van der Waals surface area contributed by atoms with Crippen LogP contribution in [0.5, 0.6) is 0 Å². The first-order chi connectivity index (χ1) is 10.1. The fourth-order valence-electron chi connectivity index (χ4n) is 4.64. The van der Waals surface area contributed by atoms with E-state index >= 15 is 0 Å². The monoisotopic (exact) mass is 315 g/mol. The van der Waals surface area contributed by atoms with Gasteiger partial charge in [-0.3, -0.25) is 0 Å². The Hall–Kier alpha value is -0.130. The average Bonchev–Trinajstić information content (AvgIpc) is 2.49. The highest BCUT2D eigenvalue weighted by molar-refractivity contribution is 7.91. The summed E-state index contributed by atoms with van der Waals surface area (Å²) in [6, 6.07) is 0.931. The summed E-state index contributed by atoms with van der Waals surface area (Å²) in [5.74, 6) is 0.721. The lowest BCUT2D eigenvalue weighted by molar-refractivity contribution is -0.152. The summed E-state index contributed by atoms with van der Waals surface area (Å²) in [4.78, 5) is 0. The van der Waals surface area contributed by atoms with Gasteiger partial charge in [0.25, 0.3) is 0 Å². The smallest absolute Gasteiger partial charge is 0.150 e. The predicted molar refractivity (Wildman–Crippen MR) is 84.1 cm³/mol. The molecule has 3 rings (SSSR count). The third-order valence-electron chi connectivity index (χ3n) is 5.93. The first-order valence-corrected chi connectivity index (χ1v) is 10.5. The maximum Gasteiger partial charge on any atom is 0.150 e. The molecule has 3 fully saturated rings. The topological polar surface area (TPSA) is 55.4 Å². The minimum Gasteiger partial charge on any atom is -0.378 e. The standard InChI is InChI=1S/C16H29NO3S/c1-2-20-15-12-14(16(15)8-4-3-5-9-16)17-13-6-10-21(18,19)11-7-13/h13-15,17H,2-12H2,1H3. The summed E-state index contributed by atoms with van der Waals surface area (Å²) < 4.78 is 29.1. The number of hydrogen-bond acceptors (Lipinski definition) is 4. The van der Waals surface area contributed by atoms with Gasteiger partial charge in [-0.05, 0) is 39.0 Å². The third kappa shape index (κ3) is 3.15. The second-order valence-electron chi connectivity index (χ2n) is 7.12. The number of nitrogens with one attached hydrogen (secondary N) is 1. The van der Waals surface area contributed by atoms with E-state index in [9.17, 15) is 8.42 Å². The highest BCUT2D eigenvalue weighted by atomic mass is 32.2. The van der Waals surface area contributed by atoms with Crippen LogP contribution in [0.2, 0.25) is 0 Å². The van der Waals surface area contributed by atoms with Crippen molar-refractivity contribution in [2.45, 2.75) is 76.5 Å². The molecule has 1 heterocycles. The molecular formula is C16H29NO3S. The van der Waals surface area contributed by atoms with Crippen LogP contribution in [0.3, 0.4) is 0 Å². The molecule has 2 aliphatic carbocycles. The summed E-state index contributed by atoms with van der Waals surface area (Å²) in [5, 5.41) is 3.80. The Labute approximate surface area is 128 Å². The van der Waals surface area contributed by atoms with E-state index in [2.05, 4.69) is 12.2 Å². The maximum absolute atomic E-state index is 11.6. The van der Waals surface area contributed by atoms with Crippen LogP contribution in [-0.4, -0.2) is 44.7 Å². The lowest BCUT2D eigenvalue weighted by atomic mass is 9.55. The molecule has 122 valence electrons. The molecule has 21 heavy (non-hydrogen) atoms. The average molecular weight is 315 g/mol. The fraction of sp³-hybridized carbons (Fsp3) is 1.00. The van der Waals surface area contributed by atoms with E-state index in [0.717, 1.165) is 25.9 Å². The van der Waals surface area contributed by atoms with Crippen LogP contribution < -0.4 is 5.32 Å². The lowest BCUT2D eigenvalue weighted by Crippen LogP contribution is -2.66. The molecule has 2 saturated carbocycles. The van der Waals surface area contributed by atoms with Gasteiger partial charge in [-0.25, -0.2) is 8.42 Å². The molecule has 5 heteroatoms. The van der Waals surface area contributed by atoms with Crippen molar-refractivity contribution in [3.8, 4) is 0 Å². The van der Waals surface area contributed by atoms with Gasteiger partial charge in [-0.15, -0.1) is 0 Å². The van der Waals surface area contributed by atoms with E-state index in [-0.39, 0.29) is 0 Å². The molecule has 3 aliphatic rings. The van der Waals surface area contributed by atoms with E-state index in [0.29, 0.717) is 35.1 Å². The van der Waals surface area contributed by atoms with Crippen molar-refractivity contribution in [2.24, 2.45) is 5.41 Å². The number of rotatable bonds is 4. The van der Waals surface area contributed by atoms with Crippen molar-refractivity contribution >= 4 is 9.84 Å². The van der Waals surface area contributed by atoms with Gasteiger partial charge in [-0.1, -0.05) is 19.3 Å². The Morgan fingerprint density at radius 3 is 2.43 bits per heavy atom. The van der Waals surface area contributed by atoms with E-state index in [1.165, 1.54) is 32.1 Å². The maximum atomic E-state index is 11.6. The Balaban J connectivity index is 1.60.